The molecular weight excluding hydrogens is 348 g/mol. The summed E-state index contributed by atoms with van der Waals surface area (Å²) in [7, 11) is 0. The van der Waals surface area contributed by atoms with Gasteiger partial charge in [0.25, 0.3) is 0 Å². The highest BCUT2D eigenvalue weighted by Gasteiger charge is 2.55. The fourth-order valence-corrected chi connectivity index (χ4v) is 3.92. The minimum Gasteiger partial charge on any atom is -0.360 e. The molecule has 0 spiro atoms. The van der Waals surface area contributed by atoms with Crippen LogP contribution in [0, 0.1) is 0 Å². The third kappa shape index (κ3) is 3.97. The zero-order valence-corrected chi connectivity index (χ0v) is 15.9. The van der Waals surface area contributed by atoms with Crippen molar-refractivity contribution in [1.29, 1.82) is 0 Å². The highest BCUT2D eigenvalue weighted by molar-refractivity contribution is 5.35. The molecule has 0 saturated carbocycles. The lowest BCUT2D eigenvalue weighted by Gasteiger charge is -2.31. The summed E-state index contributed by atoms with van der Waals surface area (Å²) >= 11 is 0. The molecule has 4 rings (SSSR count). The molecule has 1 aromatic carbocycles. The molecule has 0 aliphatic carbocycles. The number of ether oxygens (including phenoxy) is 5. The number of rotatable bonds is 5. The average Bonchev–Trinajstić information content (AvgIpc) is 3.18. The lowest BCUT2D eigenvalue weighted by atomic mass is 9.94. The van der Waals surface area contributed by atoms with Gasteiger partial charge in [-0.05, 0) is 38.7 Å². The highest BCUT2D eigenvalue weighted by Crippen LogP contribution is 2.45. The summed E-state index contributed by atoms with van der Waals surface area (Å²) in [6.45, 7) is 5.21. The standard InChI is InChI=1S/C21H28O6/c1-20(2)26-17(10-7-13-24-18-11-5-6-12-23-18)19(27-20)21(22)16-9-4-3-8-15(16)14-25-21/h3-4,7-10,17-19,22H,5-6,11-14H2,1-2H3/b10-7+/t17-,18?,19-,21-/m1/s1. The molecule has 3 aliphatic heterocycles. The zero-order valence-electron chi connectivity index (χ0n) is 15.9. The molecule has 27 heavy (non-hydrogen) atoms. The van der Waals surface area contributed by atoms with Gasteiger partial charge in [0.1, 0.15) is 12.2 Å². The van der Waals surface area contributed by atoms with Crippen LogP contribution in [0.25, 0.3) is 0 Å². The number of hydrogen-bond acceptors (Lipinski definition) is 6. The van der Waals surface area contributed by atoms with Gasteiger partial charge in [-0.3, -0.25) is 0 Å². The maximum atomic E-state index is 11.3. The van der Waals surface area contributed by atoms with E-state index < -0.39 is 23.8 Å². The molecule has 1 unspecified atom stereocenters. The maximum Gasteiger partial charge on any atom is 0.223 e. The van der Waals surface area contributed by atoms with E-state index in [1.165, 1.54) is 0 Å². The van der Waals surface area contributed by atoms with Crippen LogP contribution >= 0.6 is 0 Å². The third-order valence-corrected chi connectivity index (χ3v) is 5.21. The van der Waals surface area contributed by atoms with Crippen LogP contribution in [0.15, 0.2) is 36.4 Å². The van der Waals surface area contributed by atoms with Gasteiger partial charge in [-0.2, -0.15) is 0 Å². The van der Waals surface area contributed by atoms with Crippen LogP contribution in [0.5, 0.6) is 0 Å². The van der Waals surface area contributed by atoms with Crippen molar-refractivity contribution in [2.24, 2.45) is 0 Å². The van der Waals surface area contributed by atoms with E-state index in [1.54, 1.807) is 0 Å². The van der Waals surface area contributed by atoms with Crippen molar-refractivity contribution < 1.29 is 28.8 Å². The Kier molecular flexibility index (Phi) is 5.38. The van der Waals surface area contributed by atoms with Crippen LogP contribution in [0.3, 0.4) is 0 Å². The summed E-state index contributed by atoms with van der Waals surface area (Å²) in [5.41, 5.74) is 1.70. The molecule has 148 valence electrons. The van der Waals surface area contributed by atoms with Crippen LogP contribution in [-0.4, -0.2) is 42.6 Å². The quantitative estimate of drug-likeness (QED) is 0.797. The molecule has 3 aliphatic rings. The number of aliphatic hydroxyl groups is 1. The minimum atomic E-state index is -1.54. The maximum absolute atomic E-state index is 11.3. The van der Waals surface area contributed by atoms with Gasteiger partial charge in [0.15, 0.2) is 12.1 Å². The first-order chi connectivity index (χ1) is 13.0. The Labute approximate surface area is 160 Å². The number of hydrogen-bond donors (Lipinski definition) is 1. The van der Waals surface area contributed by atoms with Gasteiger partial charge in [0.2, 0.25) is 5.79 Å². The van der Waals surface area contributed by atoms with E-state index in [0.29, 0.717) is 13.2 Å². The molecule has 1 aromatic rings. The van der Waals surface area contributed by atoms with Gasteiger partial charge in [-0.15, -0.1) is 0 Å². The Morgan fingerprint density at radius 3 is 2.89 bits per heavy atom. The number of fused-ring (bicyclic) bond motifs is 1. The Bertz CT molecular complexity index is 681. The Balaban J connectivity index is 1.45. The summed E-state index contributed by atoms with van der Waals surface area (Å²) in [6, 6.07) is 7.66. The molecule has 6 heteroatoms. The average molecular weight is 376 g/mol. The zero-order chi connectivity index (χ0) is 18.9. The van der Waals surface area contributed by atoms with Crippen LogP contribution in [0.2, 0.25) is 0 Å². The SMILES string of the molecule is CC1(C)O[C@@H]([C@]2(O)OCc3ccccc32)[C@@H](/C=C/COC2CCCCO2)O1. The predicted octanol–water partition coefficient (Wildman–Crippen LogP) is 2.98. The summed E-state index contributed by atoms with van der Waals surface area (Å²) < 4.78 is 29.1. The highest BCUT2D eigenvalue weighted by atomic mass is 16.8. The molecule has 2 saturated heterocycles. The van der Waals surface area contributed by atoms with E-state index in [9.17, 15) is 5.11 Å². The van der Waals surface area contributed by atoms with E-state index in [0.717, 1.165) is 37.0 Å². The van der Waals surface area contributed by atoms with Crippen LogP contribution in [0.1, 0.15) is 44.2 Å². The summed E-state index contributed by atoms with van der Waals surface area (Å²) in [5, 5.41) is 11.3. The normalized spacial score (nSPS) is 35.6. The molecule has 0 amide bonds. The fourth-order valence-electron chi connectivity index (χ4n) is 3.92. The predicted molar refractivity (Wildman–Crippen MR) is 97.6 cm³/mol. The molecule has 0 aromatic heterocycles. The molecule has 1 N–H and O–H groups in total. The first kappa shape index (κ1) is 19.1. The van der Waals surface area contributed by atoms with Crippen LogP contribution < -0.4 is 0 Å². The van der Waals surface area contributed by atoms with Crippen LogP contribution in [0.4, 0.5) is 0 Å². The Morgan fingerprint density at radius 1 is 1.22 bits per heavy atom. The Hall–Kier alpha value is -1.28. The van der Waals surface area contributed by atoms with E-state index in [4.69, 9.17) is 23.7 Å². The lowest BCUT2D eigenvalue weighted by molar-refractivity contribution is -0.275. The second kappa shape index (κ2) is 7.62. The smallest absolute Gasteiger partial charge is 0.223 e. The molecule has 0 radical (unpaired) electrons. The van der Waals surface area contributed by atoms with Crippen molar-refractivity contribution in [1.82, 2.24) is 0 Å². The second-order valence-corrected chi connectivity index (χ2v) is 7.72. The summed E-state index contributed by atoms with van der Waals surface area (Å²) in [4.78, 5) is 0. The first-order valence-corrected chi connectivity index (χ1v) is 9.68. The van der Waals surface area contributed by atoms with Gasteiger partial charge in [0.05, 0.1) is 13.2 Å². The van der Waals surface area contributed by atoms with Crippen molar-refractivity contribution in [2.75, 3.05) is 13.2 Å². The van der Waals surface area contributed by atoms with E-state index in [2.05, 4.69) is 0 Å². The van der Waals surface area contributed by atoms with Gasteiger partial charge in [-0.25, -0.2) is 0 Å². The number of benzene rings is 1. The van der Waals surface area contributed by atoms with E-state index >= 15 is 0 Å². The molecule has 3 heterocycles. The van der Waals surface area contributed by atoms with E-state index in [1.807, 2.05) is 50.3 Å². The molecule has 2 fully saturated rings. The molecule has 0 bridgehead atoms. The van der Waals surface area contributed by atoms with E-state index in [-0.39, 0.29) is 6.29 Å². The minimum absolute atomic E-state index is 0.134. The van der Waals surface area contributed by atoms with Crippen molar-refractivity contribution in [3.8, 4) is 0 Å². The largest absolute Gasteiger partial charge is 0.360 e. The van der Waals surface area contributed by atoms with Crippen molar-refractivity contribution >= 4 is 0 Å². The second-order valence-electron chi connectivity index (χ2n) is 7.72. The molecule has 6 nitrogen and oxygen atoms in total. The van der Waals surface area contributed by atoms with Crippen molar-refractivity contribution in [2.45, 2.75) is 69.8 Å². The van der Waals surface area contributed by atoms with Gasteiger partial charge >= 0.3 is 0 Å². The van der Waals surface area contributed by atoms with Gasteiger partial charge in [-0.1, -0.05) is 36.4 Å². The topological polar surface area (TPSA) is 66.4 Å². The monoisotopic (exact) mass is 376 g/mol. The Morgan fingerprint density at radius 2 is 2.07 bits per heavy atom. The lowest BCUT2D eigenvalue weighted by Crippen LogP contribution is -2.45. The van der Waals surface area contributed by atoms with Crippen molar-refractivity contribution in [3.63, 3.8) is 0 Å². The first-order valence-electron chi connectivity index (χ1n) is 9.68. The fraction of sp³-hybridized carbons (Fsp3) is 0.619. The van der Waals surface area contributed by atoms with Gasteiger partial charge in [0, 0.05) is 12.2 Å². The summed E-state index contributed by atoms with van der Waals surface area (Å²) in [5.74, 6) is -2.35. The van der Waals surface area contributed by atoms with Crippen molar-refractivity contribution in [3.05, 3.63) is 47.5 Å². The molecular formula is C21H28O6. The van der Waals surface area contributed by atoms with Crippen LogP contribution in [-0.2, 0) is 36.1 Å². The molecule has 4 atom stereocenters. The van der Waals surface area contributed by atoms with Gasteiger partial charge < -0.3 is 28.8 Å². The summed E-state index contributed by atoms with van der Waals surface area (Å²) in [6.07, 6.45) is 5.68. The third-order valence-electron chi connectivity index (χ3n) is 5.21.